The lowest BCUT2D eigenvalue weighted by molar-refractivity contribution is -0.141. The topological polar surface area (TPSA) is 70.7 Å². The minimum absolute atomic E-state index is 0.00964. The number of carbonyl (C=O) groups excluding carboxylic acids is 1. The molecule has 1 N–H and O–H groups in total. The zero-order valence-corrected chi connectivity index (χ0v) is 23.6. The van der Waals surface area contributed by atoms with Crippen LogP contribution in [0.1, 0.15) is 35.2 Å². The van der Waals surface area contributed by atoms with Crippen molar-refractivity contribution in [2.24, 2.45) is 5.92 Å². The van der Waals surface area contributed by atoms with E-state index < -0.39 is 29.2 Å². The molecule has 42 heavy (non-hydrogen) atoms. The van der Waals surface area contributed by atoms with Gasteiger partial charge in [0.25, 0.3) is 0 Å². The first-order chi connectivity index (χ1) is 20.4. The molecule has 1 atom stereocenters. The van der Waals surface area contributed by atoms with E-state index in [9.17, 15) is 13.6 Å². The Hall–Kier alpha value is -3.89. The van der Waals surface area contributed by atoms with Gasteiger partial charge < -0.3 is 24.3 Å². The van der Waals surface area contributed by atoms with Crippen LogP contribution >= 0.6 is 0 Å². The standard InChI is InChI=1S/C32H33F3N4O3/c1-41-32(42-2)20-9-12-38(13-10-20)23-5-3-19(4-6-23)21-15-24-25(17-37-31(24)36-16-21)30(40)28-26(34)7-8-27(29(28)35)39-14-11-22(33)18-39/h3-8,15-17,20,22,32H,9-14,18H2,1-2H3,(H,36,37)/t22-/m1/s1. The third-order valence-corrected chi connectivity index (χ3v) is 8.50. The molecule has 0 aliphatic carbocycles. The zero-order chi connectivity index (χ0) is 29.4. The number of aromatic nitrogens is 2. The summed E-state index contributed by atoms with van der Waals surface area (Å²) in [6.45, 7) is 2.11. The first-order valence-corrected chi connectivity index (χ1v) is 14.2. The predicted molar refractivity (Wildman–Crippen MR) is 156 cm³/mol. The van der Waals surface area contributed by atoms with E-state index in [-0.39, 0.29) is 30.5 Å². The lowest BCUT2D eigenvalue weighted by atomic mass is 9.95. The van der Waals surface area contributed by atoms with Crippen LogP contribution in [0.25, 0.3) is 22.2 Å². The number of fused-ring (bicyclic) bond motifs is 1. The number of hydrogen-bond donors (Lipinski definition) is 1. The van der Waals surface area contributed by atoms with Crippen LogP contribution in [0.5, 0.6) is 0 Å². The molecule has 2 saturated heterocycles. The maximum Gasteiger partial charge on any atom is 0.201 e. The second-order valence-electron chi connectivity index (χ2n) is 11.0. The summed E-state index contributed by atoms with van der Waals surface area (Å²) >= 11 is 0. The Balaban J connectivity index is 1.24. The highest BCUT2D eigenvalue weighted by molar-refractivity contribution is 6.16. The summed E-state index contributed by atoms with van der Waals surface area (Å²) in [6.07, 6.45) is 4.05. The van der Waals surface area contributed by atoms with E-state index in [4.69, 9.17) is 9.47 Å². The summed E-state index contributed by atoms with van der Waals surface area (Å²) < 4.78 is 55.0. The number of nitrogens with zero attached hydrogens (tertiary/aromatic N) is 3. The summed E-state index contributed by atoms with van der Waals surface area (Å²) in [4.78, 5) is 24.8. The average molecular weight is 579 g/mol. The second kappa shape index (κ2) is 11.8. The summed E-state index contributed by atoms with van der Waals surface area (Å²) in [5.41, 5.74) is 2.70. The van der Waals surface area contributed by atoms with Gasteiger partial charge in [-0.25, -0.2) is 18.2 Å². The van der Waals surface area contributed by atoms with Gasteiger partial charge in [0, 0.05) is 80.9 Å². The van der Waals surface area contributed by atoms with Crippen LogP contribution < -0.4 is 9.80 Å². The summed E-state index contributed by atoms with van der Waals surface area (Å²) in [7, 11) is 3.34. The summed E-state index contributed by atoms with van der Waals surface area (Å²) in [5, 5.41) is 0.462. The highest BCUT2D eigenvalue weighted by atomic mass is 19.1. The lowest BCUT2D eigenvalue weighted by Crippen LogP contribution is -2.39. The number of pyridine rings is 1. The largest absolute Gasteiger partial charge is 0.372 e. The maximum atomic E-state index is 15.5. The van der Waals surface area contributed by atoms with Gasteiger partial charge in [-0.1, -0.05) is 12.1 Å². The van der Waals surface area contributed by atoms with Crippen molar-refractivity contribution in [2.75, 3.05) is 50.2 Å². The molecule has 0 saturated carbocycles. The van der Waals surface area contributed by atoms with E-state index in [0.29, 0.717) is 23.5 Å². The lowest BCUT2D eigenvalue weighted by Gasteiger charge is -2.36. The number of methoxy groups -OCH3 is 2. The van der Waals surface area contributed by atoms with Crippen molar-refractivity contribution in [3.63, 3.8) is 0 Å². The molecule has 0 radical (unpaired) electrons. The van der Waals surface area contributed by atoms with E-state index in [2.05, 4.69) is 27.0 Å². The number of rotatable bonds is 8. The highest BCUT2D eigenvalue weighted by Crippen LogP contribution is 2.33. The Kier molecular flexibility index (Phi) is 7.92. The number of aromatic amines is 1. The number of ether oxygens (including phenoxy) is 2. The van der Waals surface area contributed by atoms with Crippen LogP contribution in [0.2, 0.25) is 0 Å². The van der Waals surface area contributed by atoms with Crippen LogP contribution in [0, 0.1) is 17.6 Å². The van der Waals surface area contributed by atoms with Gasteiger partial charge in [-0.2, -0.15) is 0 Å². The summed E-state index contributed by atoms with van der Waals surface area (Å²) in [5.74, 6) is -2.38. The van der Waals surface area contributed by atoms with Gasteiger partial charge in [0.15, 0.2) is 12.1 Å². The van der Waals surface area contributed by atoms with Crippen molar-refractivity contribution in [3.8, 4) is 11.1 Å². The Morgan fingerprint density at radius 3 is 2.36 bits per heavy atom. The second-order valence-corrected chi connectivity index (χ2v) is 11.0. The molecule has 10 heteroatoms. The number of alkyl halides is 1. The van der Waals surface area contributed by atoms with E-state index in [1.165, 1.54) is 17.2 Å². The predicted octanol–water partition coefficient (Wildman–Crippen LogP) is 6.12. The molecular formula is C32H33F3N4O3. The molecule has 0 amide bonds. The Morgan fingerprint density at radius 1 is 0.976 bits per heavy atom. The van der Waals surface area contributed by atoms with E-state index in [1.54, 1.807) is 26.5 Å². The normalized spacial score (nSPS) is 18.0. The van der Waals surface area contributed by atoms with Crippen molar-refractivity contribution >= 4 is 28.2 Å². The molecule has 0 spiro atoms. The molecule has 2 aromatic heterocycles. The molecule has 2 fully saturated rings. The fourth-order valence-electron chi connectivity index (χ4n) is 6.19. The zero-order valence-electron chi connectivity index (χ0n) is 23.6. The van der Waals surface area contributed by atoms with Crippen molar-refractivity contribution in [1.82, 2.24) is 9.97 Å². The molecule has 4 aromatic rings. The molecular weight excluding hydrogens is 545 g/mol. The highest BCUT2D eigenvalue weighted by Gasteiger charge is 2.30. The number of nitrogens with one attached hydrogen (secondary N) is 1. The average Bonchev–Trinajstić information content (AvgIpc) is 3.64. The fourth-order valence-corrected chi connectivity index (χ4v) is 6.19. The van der Waals surface area contributed by atoms with Crippen molar-refractivity contribution in [1.29, 1.82) is 0 Å². The van der Waals surface area contributed by atoms with E-state index in [1.807, 2.05) is 12.1 Å². The number of anilines is 2. The minimum atomic E-state index is -1.09. The van der Waals surface area contributed by atoms with Gasteiger partial charge in [0.2, 0.25) is 5.78 Å². The monoisotopic (exact) mass is 578 g/mol. The number of ketones is 1. The van der Waals surface area contributed by atoms with Crippen molar-refractivity contribution < 1.29 is 27.4 Å². The SMILES string of the molecule is COC(OC)C1CCN(c2ccc(-c3cnc4[nH]cc(C(=O)c5c(F)ccc(N6CC[C@@H](F)C6)c5F)c4c3)cc2)CC1. The Labute approximate surface area is 242 Å². The maximum absolute atomic E-state index is 15.5. The minimum Gasteiger partial charge on any atom is -0.372 e. The van der Waals surface area contributed by atoms with Gasteiger partial charge in [0.1, 0.15) is 17.6 Å². The number of halogens is 3. The van der Waals surface area contributed by atoms with Gasteiger partial charge >= 0.3 is 0 Å². The number of piperidine rings is 1. The van der Waals surface area contributed by atoms with Crippen LogP contribution in [0.4, 0.5) is 24.5 Å². The van der Waals surface area contributed by atoms with Gasteiger partial charge in [-0.3, -0.25) is 4.79 Å². The molecule has 4 heterocycles. The fraction of sp³-hybridized carbons (Fsp3) is 0.375. The number of hydrogen-bond acceptors (Lipinski definition) is 6. The number of carbonyl (C=O) groups is 1. The molecule has 0 unspecified atom stereocenters. The summed E-state index contributed by atoms with van der Waals surface area (Å²) in [6, 6.07) is 12.2. The van der Waals surface area contributed by atoms with Crippen molar-refractivity contribution in [3.05, 3.63) is 77.6 Å². The smallest absolute Gasteiger partial charge is 0.201 e. The van der Waals surface area contributed by atoms with Gasteiger partial charge in [0.05, 0.1) is 11.3 Å². The number of benzene rings is 2. The van der Waals surface area contributed by atoms with Crippen LogP contribution in [-0.2, 0) is 9.47 Å². The van der Waals surface area contributed by atoms with Crippen LogP contribution in [0.15, 0.2) is 54.9 Å². The van der Waals surface area contributed by atoms with E-state index >= 15 is 4.39 Å². The molecule has 6 rings (SSSR count). The third-order valence-electron chi connectivity index (χ3n) is 8.50. The Bertz CT molecular complexity index is 1580. The Morgan fingerprint density at radius 2 is 1.69 bits per heavy atom. The molecule has 2 aliphatic rings. The van der Waals surface area contributed by atoms with Crippen molar-refractivity contribution in [2.45, 2.75) is 31.7 Å². The third kappa shape index (κ3) is 5.25. The quantitative estimate of drug-likeness (QED) is 0.201. The number of H-pyrrole nitrogens is 1. The molecule has 7 nitrogen and oxygen atoms in total. The molecule has 2 aliphatic heterocycles. The molecule has 0 bridgehead atoms. The van der Waals surface area contributed by atoms with Gasteiger partial charge in [-0.15, -0.1) is 0 Å². The van der Waals surface area contributed by atoms with Gasteiger partial charge in [-0.05, 0) is 55.2 Å². The van der Waals surface area contributed by atoms with Crippen LogP contribution in [0.3, 0.4) is 0 Å². The van der Waals surface area contributed by atoms with E-state index in [0.717, 1.165) is 48.8 Å². The first-order valence-electron chi connectivity index (χ1n) is 14.2. The van der Waals surface area contributed by atoms with Crippen LogP contribution in [-0.4, -0.2) is 68.6 Å². The first kappa shape index (κ1) is 28.2. The molecule has 220 valence electrons. The molecule has 2 aromatic carbocycles.